The van der Waals surface area contributed by atoms with E-state index in [0.717, 1.165) is 12.1 Å². The maximum atomic E-state index is 12.3. The van der Waals surface area contributed by atoms with Crippen LogP contribution >= 0.6 is 0 Å². The van der Waals surface area contributed by atoms with Gasteiger partial charge >= 0.3 is 0 Å². The molecule has 0 aliphatic heterocycles. The second kappa shape index (κ2) is 6.52. The summed E-state index contributed by atoms with van der Waals surface area (Å²) in [6, 6.07) is 10.2. The molecule has 0 saturated heterocycles. The highest BCUT2D eigenvalue weighted by molar-refractivity contribution is 6.09. The molecule has 118 valence electrons. The minimum absolute atomic E-state index is 0.0889. The molecule has 0 heterocycles. The Hall–Kier alpha value is -3.49. The lowest BCUT2D eigenvalue weighted by Gasteiger charge is -2.10. The van der Waals surface area contributed by atoms with Crippen LogP contribution in [-0.4, -0.2) is 22.8 Å². The number of non-ortho nitro benzene ring substituents is 1. The van der Waals surface area contributed by atoms with Crippen molar-refractivity contribution in [2.45, 2.75) is 0 Å². The molecule has 2 N–H and O–H groups in total. The Balaban J connectivity index is 2.52. The van der Waals surface area contributed by atoms with Gasteiger partial charge in [-0.3, -0.25) is 25.0 Å². The van der Waals surface area contributed by atoms with Crippen molar-refractivity contribution in [1.82, 2.24) is 0 Å². The molecule has 9 nitrogen and oxygen atoms in total. The number of hydrogen-bond acceptors (Lipinski definition) is 6. The number of para-hydroxylation sites is 1. The van der Waals surface area contributed by atoms with Gasteiger partial charge in [-0.25, -0.2) is 0 Å². The van der Waals surface area contributed by atoms with Crippen LogP contribution in [-0.2, 0) is 0 Å². The Bertz CT molecular complexity index is 776. The normalized spacial score (nSPS) is 9.96. The van der Waals surface area contributed by atoms with Gasteiger partial charge in [0.2, 0.25) is 0 Å². The van der Waals surface area contributed by atoms with Gasteiger partial charge in [0.1, 0.15) is 5.69 Å². The molecule has 2 aromatic rings. The van der Waals surface area contributed by atoms with Crippen LogP contribution in [0.5, 0.6) is 0 Å². The Morgan fingerprint density at radius 1 is 1.04 bits per heavy atom. The van der Waals surface area contributed by atoms with Crippen molar-refractivity contribution in [3.05, 3.63) is 68.3 Å². The van der Waals surface area contributed by atoms with E-state index in [1.54, 1.807) is 30.3 Å². The summed E-state index contributed by atoms with van der Waals surface area (Å²) in [6.07, 6.45) is 0. The van der Waals surface area contributed by atoms with Crippen molar-refractivity contribution in [3.8, 4) is 0 Å². The molecule has 2 aromatic carbocycles. The zero-order chi connectivity index (χ0) is 17.0. The molecular weight excluding hydrogens is 304 g/mol. The lowest BCUT2D eigenvalue weighted by atomic mass is 10.1. The summed E-state index contributed by atoms with van der Waals surface area (Å²) in [5.41, 5.74) is -0.881. The molecule has 0 spiro atoms. The van der Waals surface area contributed by atoms with Crippen molar-refractivity contribution in [1.29, 1.82) is 0 Å². The number of nitro benzene ring substituents is 2. The first kappa shape index (κ1) is 15.9. The fourth-order valence-corrected chi connectivity index (χ4v) is 2.02. The second-order valence-electron chi connectivity index (χ2n) is 4.47. The summed E-state index contributed by atoms with van der Waals surface area (Å²) >= 11 is 0. The number of nitrogens with zero attached hydrogens (tertiary/aromatic N) is 2. The number of nitro groups is 2. The number of nitrogens with one attached hydrogen (secondary N) is 2. The first-order chi connectivity index (χ1) is 10.9. The van der Waals surface area contributed by atoms with Gasteiger partial charge in [-0.2, -0.15) is 0 Å². The lowest BCUT2D eigenvalue weighted by Crippen LogP contribution is -2.15. The van der Waals surface area contributed by atoms with Crippen LogP contribution in [0.2, 0.25) is 0 Å². The predicted molar refractivity (Wildman–Crippen MR) is 83.7 cm³/mol. The van der Waals surface area contributed by atoms with Crippen molar-refractivity contribution in [2.75, 3.05) is 17.7 Å². The number of rotatable bonds is 5. The minimum Gasteiger partial charge on any atom is -0.382 e. The van der Waals surface area contributed by atoms with Crippen LogP contribution in [0, 0.1) is 20.2 Å². The van der Waals surface area contributed by atoms with E-state index in [9.17, 15) is 25.0 Å². The summed E-state index contributed by atoms with van der Waals surface area (Å²) in [5, 5.41) is 27.1. The zero-order valence-corrected chi connectivity index (χ0v) is 12.0. The lowest BCUT2D eigenvalue weighted by molar-refractivity contribution is -0.393. The Morgan fingerprint density at radius 2 is 1.70 bits per heavy atom. The smallest absolute Gasteiger partial charge is 0.300 e. The van der Waals surface area contributed by atoms with Gasteiger partial charge in [0.25, 0.3) is 17.3 Å². The van der Waals surface area contributed by atoms with Gasteiger partial charge in [-0.15, -0.1) is 0 Å². The largest absolute Gasteiger partial charge is 0.382 e. The van der Waals surface area contributed by atoms with E-state index in [1.807, 2.05) is 0 Å². The monoisotopic (exact) mass is 316 g/mol. The standard InChI is InChI=1S/C14H12N4O5/c1-15-13-11(14(19)16-9-5-3-2-4-6-9)7-10(17(20)21)8-12(13)18(22)23/h2-8,15H,1H3,(H,16,19). The van der Waals surface area contributed by atoms with Gasteiger partial charge < -0.3 is 10.6 Å². The van der Waals surface area contributed by atoms with E-state index in [1.165, 1.54) is 7.05 Å². The van der Waals surface area contributed by atoms with Crippen molar-refractivity contribution < 1.29 is 14.6 Å². The van der Waals surface area contributed by atoms with Crippen LogP contribution < -0.4 is 10.6 Å². The molecule has 0 aromatic heterocycles. The SMILES string of the molecule is CNc1c(C(=O)Nc2ccccc2)cc([N+](=O)[O-])cc1[N+](=O)[O-]. The molecule has 0 radical (unpaired) electrons. The molecule has 0 atom stereocenters. The van der Waals surface area contributed by atoms with E-state index in [-0.39, 0.29) is 11.3 Å². The second-order valence-corrected chi connectivity index (χ2v) is 4.47. The third kappa shape index (κ3) is 3.40. The number of benzene rings is 2. The predicted octanol–water partition coefficient (Wildman–Crippen LogP) is 2.80. The van der Waals surface area contributed by atoms with Crippen LogP contribution in [0.15, 0.2) is 42.5 Å². The molecule has 1 amide bonds. The first-order valence-corrected chi connectivity index (χ1v) is 6.45. The topological polar surface area (TPSA) is 127 Å². The number of carbonyl (C=O) groups is 1. The Kier molecular flexibility index (Phi) is 4.50. The minimum atomic E-state index is -0.786. The van der Waals surface area contributed by atoms with E-state index in [2.05, 4.69) is 10.6 Å². The molecule has 0 bridgehead atoms. The molecule has 0 saturated carbocycles. The molecule has 2 rings (SSSR count). The number of hydrogen-bond donors (Lipinski definition) is 2. The maximum absolute atomic E-state index is 12.3. The van der Waals surface area contributed by atoms with Crippen LogP contribution in [0.4, 0.5) is 22.7 Å². The molecule has 23 heavy (non-hydrogen) atoms. The molecule has 0 unspecified atom stereocenters. The maximum Gasteiger partial charge on any atom is 0.300 e. The molecule has 0 aliphatic carbocycles. The summed E-state index contributed by atoms with van der Waals surface area (Å²) in [7, 11) is 1.40. The highest BCUT2D eigenvalue weighted by atomic mass is 16.6. The van der Waals surface area contributed by atoms with Crippen molar-refractivity contribution in [2.24, 2.45) is 0 Å². The van der Waals surface area contributed by atoms with E-state index in [0.29, 0.717) is 5.69 Å². The third-order valence-corrected chi connectivity index (χ3v) is 3.04. The van der Waals surface area contributed by atoms with Crippen molar-refractivity contribution in [3.63, 3.8) is 0 Å². The fourth-order valence-electron chi connectivity index (χ4n) is 2.02. The van der Waals surface area contributed by atoms with Crippen LogP contribution in [0.1, 0.15) is 10.4 Å². The molecule has 9 heteroatoms. The molecule has 0 fully saturated rings. The van der Waals surface area contributed by atoms with Crippen LogP contribution in [0.25, 0.3) is 0 Å². The summed E-state index contributed by atoms with van der Waals surface area (Å²) in [5.74, 6) is -0.688. The summed E-state index contributed by atoms with van der Waals surface area (Å²) < 4.78 is 0. The summed E-state index contributed by atoms with van der Waals surface area (Å²) in [4.78, 5) is 32.8. The van der Waals surface area contributed by atoms with E-state index in [4.69, 9.17) is 0 Å². The van der Waals surface area contributed by atoms with Crippen LogP contribution in [0.3, 0.4) is 0 Å². The highest BCUT2D eigenvalue weighted by Gasteiger charge is 2.26. The fraction of sp³-hybridized carbons (Fsp3) is 0.0714. The van der Waals surface area contributed by atoms with Gasteiger partial charge in [0.05, 0.1) is 21.5 Å². The molecule has 0 aliphatic rings. The number of amides is 1. The first-order valence-electron chi connectivity index (χ1n) is 6.45. The molecular formula is C14H12N4O5. The summed E-state index contributed by atoms with van der Waals surface area (Å²) in [6.45, 7) is 0. The Morgan fingerprint density at radius 3 is 2.22 bits per heavy atom. The Labute approximate surface area is 130 Å². The van der Waals surface area contributed by atoms with Gasteiger partial charge in [0.15, 0.2) is 0 Å². The quantitative estimate of drug-likeness (QED) is 0.645. The van der Waals surface area contributed by atoms with Gasteiger partial charge in [0, 0.05) is 18.8 Å². The number of carbonyl (C=O) groups excluding carboxylic acids is 1. The van der Waals surface area contributed by atoms with Gasteiger partial charge in [-0.1, -0.05) is 18.2 Å². The zero-order valence-electron chi connectivity index (χ0n) is 12.0. The highest BCUT2D eigenvalue weighted by Crippen LogP contribution is 2.33. The third-order valence-electron chi connectivity index (χ3n) is 3.04. The van der Waals surface area contributed by atoms with E-state index >= 15 is 0 Å². The van der Waals surface area contributed by atoms with E-state index < -0.39 is 27.1 Å². The number of anilines is 2. The van der Waals surface area contributed by atoms with Crippen molar-refractivity contribution >= 4 is 28.7 Å². The average molecular weight is 316 g/mol. The van der Waals surface area contributed by atoms with Gasteiger partial charge in [-0.05, 0) is 12.1 Å². The average Bonchev–Trinajstić information content (AvgIpc) is 2.54.